The number of hydrogen-bond acceptors (Lipinski definition) is 4. The Morgan fingerprint density at radius 2 is 2.00 bits per heavy atom. The van der Waals surface area contributed by atoms with Crippen LogP contribution in [0.2, 0.25) is 10.0 Å². The summed E-state index contributed by atoms with van der Waals surface area (Å²) in [4.78, 5) is 13.8. The predicted octanol–water partition coefficient (Wildman–Crippen LogP) is 2.05. The number of anilines is 1. The van der Waals surface area contributed by atoms with E-state index in [1.807, 2.05) is 0 Å². The quantitative estimate of drug-likeness (QED) is 0.902. The fraction of sp³-hybridized carbons (Fsp3) is 0.462. The third kappa shape index (κ3) is 4.32. The Balaban J connectivity index is 1.96. The van der Waals surface area contributed by atoms with Gasteiger partial charge in [-0.15, -0.1) is 0 Å². The summed E-state index contributed by atoms with van der Waals surface area (Å²) in [5.74, 6) is 0.000603. The van der Waals surface area contributed by atoms with Crippen LogP contribution in [0, 0.1) is 0 Å². The first-order chi connectivity index (χ1) is 9.78. The highest BCUT2D eigenvalue weighted by Gasteiger charge is 2.31. The predicted molar refractivity (Wildman–Crippen MR) is 84.8 cm³/mol. The van der Waals surface area contributed by atoms with Crippen molar-refractivity contribution in [2.45, 2.75) is 12.5 Å². The third-order valence-corrected chi connectivity index (χ3v) is 5.83. The van der Waals surface area contributed by atoms with E-state index in [1.165, 1.54) is 0 Å². The maximum Gasteiger partial charge on any atom is 0.238 e. The van der Waals surface area contributed by atoms with E-state index in [4.69, 9.17) is 23.2 Å². The number of nitrogens with zero attached hydrogens (tertiary/aromatic N) is 1. The van der Waals surface area contributed by atoms with Gasteiger partial charge in [0.1, 0.15) is 0 Å². The molecular formula is C13H16Cl2N2O3S. The van der Waals surface area contributed by atoms with Gasteiger partial charge in [-0.1, -0.05) is 29.3 Å². The van der Waals surface area contributed by atoms with Crippen LogP contribution < -0.4 is 5.32 Å². The minimum Gasteiger partial charge on any atom is -0.322 e. The lowest BCUT2D eigenvalue weighted by Crippen LogP contribution is -2.38. The zero-order valence-corrected chi connectivity index (χ0v) is 13.8. The molecule has 0 aliphatic carbocycles. The standard InChI is InChI=1S/C13H16Cl2N2O3S/c1-17(9-5-6-21(19,20)8-9)7-12(18)16-13-10(14)3-2-4-11(13)15/h2-4,9H,5-8H2,1H3,(H,16,18). The first-order valence-corrected chi connectivity index (χ1v) is 9.01. The van der Waals surface area contributed by atoms with Crippen molar-refractivity contribution in [3.05, 3.63) is 28.2 Å². The maximum absolute atomic E-state index is 12.0. The largest absolute Gasteiger partial charge is 0.322 e. The minimum atomic E-state index is -2.96. The Morgan fingerprint density at radius 1 is 1.38 bits per heavy atom. The van der Waals surface area contributed by atoms with Crippen molar-refractivity contribution < 1.29 is 13.2 Å². The molecule has 1 aromatic rings. The molecule has 0 aromatic heterocycles. The second-order valence-electron chi connectivity index (χ2n) is 5.12. The molecule has 0 saturated carbocycles. The Morgan fingerprint density at radius 3 is 2.52 bits per heavy atom. The number of rotatable bonds is 4. The zero-order chi connectivity index (χ0) is 15.6. The van der Waals surface area contributed by atoms with Gasteiger partial charge < -0.3 is 5.32 Å². The monoisotopic (exact) mass is 350 g/mol. The van der Waals surface area contributed by atoms with Crippen LogP contribution >= 0.6 is 23.2 Å². The van der Waals surface area contributed by atoms with Crippen LogP contribution in [0.4, 0.5) is 5.69 Å². The van der Waals surface area contributed by atoms with Crippen molar-refractivity contribution in [1.29, 1.82) is 0 Å². The molecule has 1 unspecified atom stereocenters. The van der Waals surface area contributed by atoms with Crippen LogP contribution in [0.25, 0.3) is 0 Å². The number of halogens is 2. The lowest BCUT2D eigenvalue weighted by atomic mass is 10.2. The average molecular weight is 351 g/mol. The minimum absolute atomic E-state index is 0.0851. The number of amides is 1. The molecule has 1 aliphatic rings. The van der Waals surface area contributed by atoms with Gasteiger partial charge >= 0.3 is 0 Å². The fourth-order valence-corrected chi connectivity index (χ4v) is 4.57. The number of carbonyl (C=O) groups is 1. The molecule has 21 heavy (non-hydrogen) atoms. The molecule has 116 valence electrons. The van der Waals surface area contributed by atoms with Crippen LogP contribution in [0.3, 0.4) is 0 Å². The molecule has 1 saturated heterocycles. The summed E-state index contributed by atoms with van der Waals surface area (Å²) in [5, 5.41) is 3.39. The summed E-state index contributed by atoms with van der Waals surface area (Å²) in [6.07, 6.45) is 0.555. The van der Waals surface area contributed by atoms with Gasteiger partial charge in [-0.05, 0) is 25.6 Å². The fourth-order valence-electron chi connectivity index (χ4n) is 2.27. The number of benzene rings is 1. The Labute approximate surface area is 134 Å². The number of para-hydroxylation sites is 1. The molecule has 1 fully saturated rings. The van der Waals surface area contributed by atoms with Gasteiger partial charge in [-0.2, -0.15) is 0 Å². The molecule has 0 bridgehead atoms. The molecule has 1 heterocycles. The molecule has 0 radical (unpaired) electrons. The summed E-state index contributed by atoms with van der Waals surface area (Å²) >= 11 is 12.0. The molecule has 1 amide bonds. The smallest absolute Gasteiger partial charge is 0.238 e. The average Bonchev–Trinajstić information content (AvgIpc) is 2.74. The van der Waals surface area contributed by atoms with Crippen molar-refractivity contribution in [2.24, 2.45) is 0 Å². The van der Waals surface area contributed by atoms with E-state index < -0.39 is 9.84 Å². The number of hydrogen-bond donors (Lipinski definition) is 1. The zero-order valence-electron chi connectivity index (χ0n) is 11.5. The lowest BCUT2D eigenvalue weighted by molar-refractivity contribution is -0.117. The molecule has 5 nitrogen and oxygen atoms in total. The molecule has 1 N–H and O–H groups in total. The second kappa shape index (κ2) is 6.52. The molecule has 1 aromatic carbocycles. The molecular weight excluding hydrogens is 335 g/mol. The SMILES string of the molecule is CN(CC(=O)Nc1c(Cl)cccc1Cl)C1CCS(=O)(=O)C1. The van der Waals surface area contributed by atoms with E-state index in [2.05, 4.69) is 5.32 Å². The molecule has 1 aliphatic heterocycles. The van der Waals surface area contributed by atoms with Crippen LogP contribution in [-0.2, 0) is 14.6 Å². The van der Waals surface area contributed by atoms with Crippen LogP contribution in [0.15, 0.2) is 18.2 Å². The summed E-state index contributed by atoms with van der Waals surface area (Å²) < 4.78 is 22.9. The number of carbonyl (C=O) groups excluding carboxylic acids is 1. The van der Waals surface area contributed by atoms with Crippen LogP contribution in [0.1, 0.15) is 6.42 Å². The Hall–Kier alpha value is -0.820. The number of sulfone groups is 1. The van der Waals surface area contributed by atoms with Crippen molar-refractivity contribution >= 4 is 44.6 Å². The van der Waals surface area contributed by atoms with Gasteiger partial charge in [-0.3, -0.25) is 9.69 Å². The highest BCUT2D eigenvalue weighted by atomic mass is 35.5. The van der Waals surface area contributed by atoms with E-state index in [0.29, 0.717) is 22.2 Å². The van der Waals surface area contributed by atoms with Crippen molar-refractivity contribution in [2.75, 3.05) is 30.4 Å². The van der Waals surface area contributed by atoms with Gasteiger partial charge in [0, 0.05) is 6.04 Å². The third-order valence-electron chi connectivity index (χ3n) is 3.45. The highest BCUT2D eigenvalue weighted by Crippen LogP contribution is 2.29. The van der Waals surface area contributed by atoms with E-state index in [1.54, 1.807) is 30.1 Å². The van der Waals surface area contributed by atoms with Gasteiger partial charge in [0.2, 0.25) is 5.91 Å². The maximum atomic E-state index is 12.0. The first-order valence-electron chi connectivity index (χ1n) is 6.43. The summed E-state index contributed by atoms with van der Waals surface area (Å²) in [6.45, 7) is 0.0851. The second-order valence-corrected chi connectivity index (χ2v) is 8.16. The summed E-state index contributed by atoms with van der Waals surface area (Å²) in [7, 11) is -1.23. The van der Waals surface area contributed by atoms with Gasteiger partial charge in [0.05, 0.1) is 33.8 Å². The van der Waals surface area contributed by atoms with Gasteiger partial charge in [-0.25, -0.2) is 8.42 Å². The van der Waals surface area contributed by atoms with Crippen LogP contribution in [-0.4, -0.2) is 50.4 Å². The van der Waals surface area contributed by atoms with Gasteiger partial charge in [0.15, 0.2) is 9.84 Å². The highest BCUT2D eigenvalue weighted by molar-refractivity contribution is 7.91. The normalized spacial score (nSPS) is 20.7. The Bertz CT molecular complexity index is 629. The van der Waals surface area contributed by atoms with E-state index in [-0.39, 0.29) is 30.0 Å². The van der Waals surface area contributed by atoms with E-state index >= 15 is 0 Å². The van der Waals surface area contributed by atoms with Crippen molar-refractivity contribution in [3.8, 4) is 0 Å². The molecule has 8 heteroatoms. The lowest BCUT2D eigenvalue weighted by Gasteiger charge is -2.22. The summed E-state index contributed by atoms with van der Waals surface area (Å²) in [5.41, 5.74) is 0.373. The van der Waals surface area contributed by atoms with Crippen molar-refractivity contribution in [1.82, 2.24) is 4.90 Å². The topological polar surface area (TPSA) is 66.5 Å². The van der Waals surface area contributed by atoms with E-state index in [0.717, 1.165) is 0 Å². The Kier molecular flexibility index (Phi) is 5.14. The van der Waals surface area contributed by atoms with Crippen LogP contribution in [0.5, 0.6) is 0 Å². The molecule has 2 rings (SSSR count). The van der Waals surface area contributed by atoms with Gasteiger partial charge in [0.25, 0.3) is 0 Å². The first kappa shape index (κ1) is 16.5. The van der Waals surface area contributed by atoms with E-state index in [9.17, 15) is 13.2 Å². The number of likely N-dealkylation sites (N-methyl/N-ethyl adjacent to an activating group) is 1. The molecule has 0 spiro atoms. The molecule has 1 atom stereocenters. The summed E-state index contributed by atoms with van der Waals surface area (Å²) in [6, 6.07) is 4.84. The number of nitrogens with one attached hydrogen (secondary N) is 1. The van der Waals surface area contributed by atoms with Crippen molar-refractivity contribution in [3.63, 3.8) is 0 Å².